The van der Waals surface area contributed by atoms with Crippen LogP contribution in [0.5, 0.6) is 0 Å². The molecule has 1 aromatic carbocycles. The van der Waals surface area contributed by atoms with Gasteiger partial charge in [0, 0.05) is 24.7 Å². The minimum Gasteiger partial charge on any atom is -0.377 e. The molecule has 0 saturated heterocycles. The van der Waals surface area contributed by atoms with Crippen LogP contribution in [0.3, 0.4) is 0 Å². The molecule has 0 radical (unpaired) electrons. The van der Waals surface area contributed by atoms with Crippen LogP contribution in [0.4, 0.5) is 5.69 Å². The summed E-state index contributed by atoms with van der Waals surface area (Å²) in [6.07, 6.45) is 4.78. The predicted octanol–water partition coefficient (Wildman–Crippen LogP) is 2.97. The van der Waals surface area contributed by atoms with Crippen LogP contribution in [0.2, 0.25) is 0 Å². The standard InChI is InChI=1S/C15H18N2O2S/c1-11-8-14(10-16-9-11)17-12(2)13-4-6-15(7-5-13)20(3,18)19/h4-10,12,17H,1-3H3. The smallest absolute Gasteiger partial charge is 0.175 e. The van der Waals surface area contributed by atoms with Gasteiger partial charge in [-0.25, -0.2) is 8.42 Å². The molecule has 0 aliphatic rings. The molecular weight excluding hydrogens is 272 g/mol. The normalized spacial score (nSPS) is 12.9. The van der Waals surface area contributed by atoms with Gasteiger partial charge >= 0.3 is 0 Å². The minimum absolute atomic E-state index is 0.0761. The van der Waals surface area contributed by atoms with Crippen molar-refractivity contribution in [3.8, 4) is 0 Å². The maximum absolute atomic E-state index is 11.4. The summed E-state index contributed by atoms with van der Waals surface area (Å²) in [4.78, 5) is 4.47. The van der Waals surface area contributed by atoms with Crippen molar-refractivity contribution in [2.45, 2.75) is 24.8 Å². The van der Waals surface area contributed by atoms with Crippen LogP contribution in [0.15, 0.2) is 47.6 Å². The lowest BCUT2D eigenvalue weighted by Gasteiger charge is -2.16. The Kier molecular flexibility index (Phi) is 4.09. The van der Waals surface area contributed by atoms with Crippen molar-refractivity contribution in [2.75, 3.05) is 11.6 Å². The molecule has 1 heterocycles. The molecule has 0 bridgehead atoms. The number of nitrogens with zero attached hydrogens (tertiary/aromatic N) is 1. The molecule has 4 nitrogen and oxygen atoms in total. The molecule has 106 valence electrons. The van der Waals surface area contributed by atoms with Crippen molar-refractivity contribution in [3.05, 3.63) is 53.9 Å². The molecule has 0 spiro atoms. The highest BCUT2D eigenvalue weighted by molar-refractivity contribution is 7.90. The Bertz CT molecular complexity index is 694. The maximum Gasteiger partial charge on any atom is 0.175 e. The maximum atomic E-state index is 11.4. The number of aromatic nitrogens is 1. The van der Waals surface area contributed by atoms with Gasteiger partial charge in [-0.1, -0.05) is 12.1 Å². The van der Waals surface area contributed by atoms with Crippen molar-refractivity contribution < 1.29 is 8.42 Å². The van der Waals surface area contributed by atoms with E-state index in [9.17, 15) is 8.42 Å². The number of pyridine rings is 1. The lowest BCUT2D eigenvalue weighted by atomic mass is 10.1. The van der Waals surface area contributed by atoms with E-state index >= 15 is 0 Å². The van der Waals surface area contributed by atoms with Crippen LogP contribution in [0.25, 0.3) is 0 Å². The second-order valence-corrected chi connectivity index (χ2v) is 6.97. The highest BCUT2D eigenvalue weighted by atomic mass is 32.2. The van der Waals surface area contributed by atoms with Crippen LogP contribution >= 0.6 is 0 Å². The molecule has 1 aromatic heterocycles. The quantitative estimate of drug-likeness (QED) is 0.940. The number of rotatable bonds is 4. The average molecular weight is 290 g/mol. The molecular formula is C15H18N2O2S. The number of hydrogen-bond donors (Lipinski definition) is 1. The third kappa shape index (κ3) is 3.57. The van der Waals surface area contributed by atoms with Gasteiger partial charge in [0.15, 0.2) is 9.84 Å². The topological polar surface area (TPSA) is 59.1 Å². The summed E-state index contributed by atoms with van der Waals surface area (Å²) >= 11 is 0. The molecule has 0 amide bonds. The summed E-state index contributed by atoms with van der Waals surface area (Å²) in [5.41, 5.74) is 3.07. The fourth-order valence-corrected chi connectivity index (χ4v) is 2.60. The van der Waals surface area contributed by atoms with E-state index in [1.165, 1.54) is 6.26 Å². The van der Waals surface area contributed by atoms with Crippen LogP contribution < -0.4 is 5.32 Å². The lowest BCUT2D eigenvalue weighted by molar-refractivity contribution is 0.602. The number of sulfone groups is 1. The summed E-state index contributed by atoms with van der Waals surface area (Å²) < 4.78 is 22.8. The van der Waals surface area contributed by atoms with Crippen LogP contribution in [0.1, 0.15) is 24.1 Å². The average Bonchev–Trinajstić information content (AvgIpc) is 2.38. The first-order valence-electron chi connectivity index (χ1n) is 6.34. The number of benzene rings is 1. The fourth-order valence-electron chi connectivity index (χ4n) is 1.97. The first kappa shape index (κ1) is 14.5. The zero-order chi connectivity index (χ0) is 14.8. The van der Waals surface area contributed by atoms with E-state index in [2.05, 4.69) is 10.3 Å². The molecule has 1 N–H and O–H groups in total. The van der Waals surface area contributed by atoms with Gasteiger partial charge in [-0.2, -0.15) is 0 Å². The van der Waals surface area contributed by atoms with E-state index in [-0.39, 0.29) is 6.04 Å². The molecule has 2 rings (SSSR count). The van der Waals surface area contributed by atoms with Gasteiger partial charge in [-0.3, -0.25) is 4.98 Å². The SMILES string of the molecule is Cc1cncc(NC(C)c2ccc(S(C)(=O)=O)cc2)c1. The van der Waals surface area contributed by atoms with Crippen molar-refractivity contribution in [1.29, 1.82) is 0 Å². The molecule has 1 unspecified atom stereocenters. The van der Waals surface area contributed by atoms with Crippen molar-refractivity contribution in [3.63, 3.8) is 0 Å². The first-order chi connectivity index (χ1) is 9.36. The fraction of sp³-hybridized carbons (Fsp3) is 0.267. The number of hydrogen-bond acceptors (Lipinski definition) is 4. The number of anilines is 1. The molecule has 0 aliphatic heterocycles. The monoisotopic (exact) mass is 290 g/mol. The van der Waals surface area contributed by atoms with Gasteiger partial charge in [0.05, 0.1) is 10.6 Å². The third-order valence-corrected chi connectivity index (χ3v) is 4.19. The van der Waals surface area contributed by atoms with Crippen molar-refractivity contribution in [1.82, 2.24) is 4.98 Å². The Labute approximate surface area is 119 Å². The number of nitrogens with one attached hydrogen (secondary N) is 1. The molecule has 1 atom stereocenters. The van der Waals surface area contributed by atoms with Gasteiger partial charge in [0.25, 0.3) is 0 Å². The van der Waals surface area contributed by atoms with Gasteiger partial charge in [-0.15, -0.1) is 0 Å². The molecule has 20 heavy (non-hydrogen) atoms. The Morgan fingerprint density at radius 1 is 1.15 bits per heavy atom. The summed E-state index contributed by atoms with van der Waals surface area (Å²) in [5.74, 6) is 0. The van der Waals surface area contributed by atoms with Crippen LogP contribution in [-0.2, 0) is 9.84 Å². The Balaban J connectivity index is 2.15. The number of aryl methyl sites for hydroxylation is 1. The summed E-state index contributed by atoms with van der Waals surface area (Å²) in [6, 6.07) is 9.03. The highest BCUT2D eigenvalue weighted by Crippen LogP contribution is 2.20. The molecule has 2 aromatic rings. The van der Waals surface area contributed by atoms with Crippen LogP contribution in [-0.4, -0.2) is 19.7 Å². The first-order valence-corrected chi connectivity index (χ1v) is 8.23. The van der Waals surface area contributed by atoms with Crippen LogP contribution in [0, 0.1) is 6.92 Å². The van der Waals surface area contributed by atoms with E-state index in [1.807, 2.05) is 32.0 Å². The van der Waals surface area contributed by atoms with E-state index in [0.717, 1.165) is 16.8 Å². The Hall–Kier alpha value is -1.88. The van der Waals surface area contributed by atoms with Gasteiger partial charge in [0.2, 0.25) is 0 Å². The molecule has 5 heteroatoms. The summed E-state index contributed by atoms with van der Waals surface area (Å²) in [6.45, 7) is 4.02. The van der Waals surface area contributed by atoms with E-state index in [0.29, 0.717) is 4.90 Å². The lowest BCUT2D eigenvalue weighted by Crippen LogP contribution is -2.07. The second kappa shape index (κ2) is 5.63. The summed E-state index contributed by atoms with van der Waals surface area (Å²) in [5, 5.41) is 3.35. The molecule has 0 fully saturated rings. The van der Waals surface area contributed by atoms with E-state index in [1.54, 1.807) is 24.5 Å². The third-order valence-electron chi connectivity index (χ3n) is 3.07. The van der Waals surface area contributed by atoms with Gasteiger partial charge in [0.1, 0.15) is 0 Å². The van der Waals surface area contributed by atoms with Crippen molar-refractivity contribution >= 4 is 15.5 Å². The second-order valence-electron chi connectivity index (χ2n) is 4.96. The van der Waals surface area contributed by atoms with Crippen molar-refractivity contribution in [2.24, 2.45) is 0 Å². The minimum atomic E-state index is -3.14. The Morgan fingerprint density at radius 2 is 1.80 bits per heavy atom. The van der Waals surface area contributed by atoms with Gasteiger partial charge < -0.3 is 5.32 Å². The zero-order valence-corrected chi connectivity index (χ0v) is 12.6. The van der Waals surface area contributed by atoms with E-state index in [4.69, 9.17) is 0 Å². The van der Waals surface area contributed by atoms with E-state index < -0.39 is 9.84 Å². The van der Waals surface area contributed by atoms with Gasteiger partial charge in [-0.05, 0) is 43.2 Å². The zero-order valence-electron chi connectivity index (χ0n) is 11.8. The largest absolute Gasteiger partial charge is 0.377 e. The molecule has 0 aliphatic carbocycles. The predicted molar refractivity (Wildman–Crippen MR) is 80.6 cm³/mol. The highest BCUT2D eigenvalue weighted by Gasteiger charge is 2.09. The Morgan fingerprint density at radius 3 is 2.35 bits per heavy atom. The summed E-state index contributed by atoms with van der Waals surface area (Å²) in [7, 11) is -3.14. The molecule has 0 saturated carbocycles.